The van der Waals surface area contributed by atoms with Crippen molar-refractivity contribution in [3.8, 4) is 0 Å². The Morgan fingerprint density at radius 1 is 1.53 bits per heavy atom. The van der Waals surface area contributed by atoms with Crippen LogP contribution >= 0.6 is 0 Å². The first-order chi connectivity index (χ1) is 8.82. The smallest absolute Gasteiger partial charge is 0.203 e. The van der Waals surface area contributed by atoms with Crippen molar-refractivity contribution in [1.82, 2.24) is 0 Å². The van der Waals surface area contributed by atoms with Crippen molar-refractivity contribution < 1.29 is 23.4 Å². The molecule has 0 saturated carbocycles. The molecule has 4 atom stereocenters. The lowest BCUT2D eigenvalue weighted by Gasteiger charge is -2.31. The van der Waals surface area contributed by atoms with Crippen molar-refractivity contribution in [2.24, 2.45) is 10.2 Å². The van der Waals surface area contributed by atoms with Crippen LogP contribution in [-0.2, 0) is 14.6 Å². The third-order valence-corrected chi connectivity index (χ3v) is 4.53. The summed E-state index contributed by atoms with van der Waals surface area (Å²) in [6, 6.07) is -2.70. The minimum atomic E-state index is -4.12. The molecule has 0 radical (unpaired) electrons. The first-order valence-corrected chi connectivity index (χ1v) is 6.94. The lowest BCUT2D eigenvalue weighted by molar-refractivity contribution is -0.0110. The van der Waals surface area contributed by atoms with Crippen LogP contribution < -0.4 is 0 Å². The van der Waals surface area contributed by atoms with E-state index < -0.39 is 39.6 Å². The number of sulfone groups is 1. The second-order valence-corrected chi connectivity index (χ2v) is 6.15. The van der Waals surface area contributed by atoms with Gasteiger partial charge >= 0.3 is 0 Å². The van der Waals surface area contributed by atoms with Crippen LogP contribution in [0.25, 0.3) is 20.9 Å². The second kappa shape index (κ2) is 5.61. The lowest BCUT2D eigenvalue weighted by Crippen LogP contribution is -2.56. The highest BCUT2D eigenvalue weighted by Gasteiger charge is 2.59. The normalized spacial score (nSPS) is 32.2. The van der Waals surface area contributed by atoms with E-state index in [1.807, 2.05) is 0 Å². The number of ether oxygens (including phenoxy) is 1. The molecular weight excluding hydrogens is 280 g/mol. The van der Waals surface area contributed by atoms with Crippen LogP contribution in [0.2, 0.25) is 0 Å². The molecule has 1 aliphatic rings. The Labute approximate surface area is 108 Å². The maximum Gasteiger partial charge on any atom is 0.203 e. The highest BCUT2D eigenvalue weighted by Crippen LogP contribution is 2.36. The second-order valence-electron chi connectivity index (χ2n) is 3.95. The van der Waals surface area contributed by atoms with E-state index >= 15 is 0 Å². The number of rotatable bonds is 5. The molecule has 11 nitrogen and oxygen atoms in total. The maximum absolute atomic E-state index is 11.7. The summed E-state index contributed by atoms with van der Waals surface area (Å²) in [6.07, 6.45) is -0.780. The highest BCUT2D eigenvalue weighted by molar-refractivity contribution is 7.92. The molecule has 0 aromatic carbocycles. The molecule has 12 heteroatoms. The van der Waals surface area contributed by atoms with Gasteiger partial charge in [0.1, 0.15) is 12.1 Å². The van der Waals surface area contributed by atoms with E-state index in [-0.39, 0.29) is 6.61 Å². The number of nitrogens with zero attached hydrogens (tertiary/aromatic N) is 6. The molecule has 0 aromatic heterocycles. The molecular formula is C7H12N6O5S. The van der Waals surface area contributed by atoms with Gasteiger partial charge in [-0.05, 0) is 11.1 Å². The Balaban J connectivity index is 3.33. The summed E-state index contributed by atoms with van der Waals surface area (Å²) in [5.74, 6) is 0. The fourth-order valence-corrected chi connectivity index (χ4v) is 3.16. The third-order valence-electron chi connectivity index (χ3n) is 2.84. The molecule has 0 aliphatic carbocycles. The minimum absolute atomic E-state index is 0.365. The summed E-state index contributed by atoms with van der Waals surface area (Å²) in [6.45, 7) is -1.09. The van der Waals surface area contributed by atoms with E-state index in [2.05, 4.69) is 20.1 Å². The Hall–Kier alpha value is -1.55. The Morgan fingerprint density at radius 2 is 2.16 bits per heavy atom. The Bertz CT molecular complexity index is 538. The van der Waals surface area contributed by atoms with E-state index in [1.165, 1.54) is 0 Å². The summed E-state index contributed by atoms with van der Waals surface area (Å²) in [5.41, 5.74) is 16.7. The van der Waals surface area contributed by atoms with Crippen molar-refractivity contribution in [3.63, 3.8) is 0 Å². The number of aliphatic hydroxyl groups excluding tert-OH is 1. The third kappa shape index (κ3) is 2.59. The van der Waals surface area contributed by atoms with Crippen molar-refractivity contribution in [3.05, 3.63) is 20.9 Å². The minimum Gasteiger partial charge on any atom is -0.396 e. The lowest BCUT2D eigenvalue weighted by atomic mass is 10.0. The average Bonchev–Trinajstić information content (AvgIpc) is 2.66. The molecule has 0 amide bonds. The fraction of sp³-hybridized carbons (Fsp3) is 1.00. The molecule has 0 aromatic rings. The predicted molar refractivity (Wildman–Crippen MR) is 62.5 cm³/mol. The molecule has 106 valence electrons. The highest BCUT2D eigenvalue weighted by atomic mass is 32.2. The zero-order chi connectivity index (χ0) is 14.7. The summed E-state index contributed by atoms with van der Waals surface area (Å²) >= 11 is 0. The summed E-state index contributed by atoms with van der Waals surface area (Å²) in [7, 11) is -4.12. The fourth-order valence-electron chi connectivity index (χ4n) is 1.91. The van der Waals surface area contributed by atoms with Crippen LogP contribution in [0.5, 0.6) is 0 Å². The van der Waals surface area contributed by atoms with Crippen LogP contribution in [0.1, 0.15) is 0 Å². The first-order valence-electron chi connectivity index (χ1n) is 5.05. The number of hydrogen-bond donors (Lipinski definition) is 2. The van der Waals surface area contributed by atoms with Gasteiger partial charge in [0.25, 0.3) is 0 Å². The van der Waals surface area contributed by atoms with Crippen LogP contribution in [-0.4, -0.2) is 61.2 Å². The molecule has 1 rings (SSSR count). The van der Waals surface area contributed by atoms with Gasteiger partial charge in [-0.3, -0.25) is 0 Å². The molecule has 1 fully saturated rings. The van der Waals surface area contributed by atoms with E-state index in [0.717, 1.165) is 6.26 Å². The first kappa shape index (κ1) is 15.5. The molecule has 1 heterocycles. The standard InChI is InChI=1S/C7H12N6O5S/c1-19(16,17)7(15)5(11-13-9)3-18-6(7)4(2-14)10-12-8/h4-6,14-15H,2-3H2,1H3/t4-,5-,6-,7-/m0/s1. The van der Waals surface area contributed by atoms with Gasteiger partial charge in [0, 0.05) is 16.1 Å². The van der Waals surface area contributed by atoms with Gasteiger partial charge in [0.2, 0.25) is 4.93 Å². The van der Waals surface area contributed by atoms with E-state index in [1.54, 1.807) is 0 Å². The van der Waals surface area contributed by atoms with E-state index in [4.69, 9.17) is 20.9 Å². The molecule has 1 saturated heterocycles. The van der Waals surface area contributed by atoms with Crippen LogP contribution in [0, 0.1) is 0 Å². The van der Waals surface area contributed by atoms with Gasteiger partial charge in [0.05, 0.1) is 19.3 Å². The Kier molecular flexibility index (Phi) is 4.58. The van der Waals surface area contributed by atoms with Crippen molar-refractivity contribution in [2.75, 3.05) is 19.5 Å². The van der Waals surface area contributed by atoms with Gasteiger partial charge in [-0.1, -0.05) is 10.2 Å². The molecule has 0 spiro atoms. The van der Waals surface area contributed by atoms with Gasteiger partial charge in [-0.15, -0.1) is 0 Å². The predicted octanol–water partition coefficient (Wildman–Crippen LogP) is -0.532. The summed E-state index contributed by atoms with van der Waals surface area (Å²) in [4.78, 5) is 2.34. The van der Waals surface area contributed by atoms with Crippen LogP contribution in [0.4, 0.5) is 0 Å². The largest absolute Gasteiger partial charge is 0.396 e. The molecule has 0 bridgehead atoms. The SMILES string of the molecule is CS(=O)(=O)[C@@]1(O)[C@@H](N=[N+]=[N-])CO[C@H]1[C@H](CO)N=[N+]=[N-]. The summed E-state index contributed by atoms with van der Waals surface area (Å²) in [5, 5.41) is 25.8. The summed E-state index contributed by atoms with van der Waals surface area (Å²) < 4.78 is 28.5. The van der Waals surface area contributed by atoms with E-state index in [9.17, 15) is 13.5 Å². The van der Waals surface area contributed by atoms with Gasteiger partial charge in [-0.2, -0.15) is 0 Å². The van der Waals surface area contributed by atoms with Crippen molar-refractivity contribution in [1.29, 1.82) is 0 Å². The average molecular weight is 292 g/mol. The van der Waals surface area contributed by atoms with Crippen molar-refractivity contribution in [2.45, 2.75) is 23.1 Å². The van der Waals surface area contributed by atoms with Gasteiger partial charge in [-0.25, -0.2) is 8.42 Å². The molecule has 2 N–H and O–H groups in total. The number of azide groups is 2. The van der Waals surface area contributed by atoms with Crippen molar-refractivity contribution >= 4 is 9.84 Å². The maximum atomic E-state index is 11.7. The zero-order valence-electron chi connectivity index (χ0n) is 9.86. The van der Waals surface area contributed by atoms with Crippen LogP contribution in [0.3, 0.4) is 0 Å². The van der Waals surface area contributed by atoms with Gasteiger partial charge < -0.3 is 14.9 Å². The quantitative estimate of drug-likeness (QED) is 0.391. The Morgan fingerprint density at radius 3 is 2.58 bits per heavy atom. The zero-order valence-corrected chi connectivity index (χ0v) is 10.7. The molecule has 1 aliphatic heterocycles. The topological polar surface area (TPSA) is 181 Å². The monoisotopic (exact) mass is 292 g/mol. The van der Waals surface area contributed by atoms with Crippen LogP contribution in [0.15, 0.2) is 10.2 Å². The number of hydrogen-bond acceptors (Lipinski definition) is 7. The van der Waals surface area contributed by atoms with E-state index in [0.29, 0.717) is 0 Å². The van der Waals surface area contributed by atoms with Gasteiger partial charge in [0.15, 0.2) is 9.84 Å². The molecule has 0 unspecified atom stereocenters. The number of aliphatic hydroxyl groups is 2. The molecule has 19 heavy (non-hydrogen) atoms.